The van der Waals surface area contributed by atoms with Crippen LogP contribution in [-0.2, 0) is 4.74 Å². The van der Waals surface area contributed by atoms with Gasteiger partial charge < -0.3 is 10.1 Å². The lowest BCUT2D eigenvalue weighted by atomic mass is 10.0. The van der Waals surface area contributed by atoms with Crippen molar-refractivity contribution < 1.29 is 9.53 Å². The third-order valence-corrected chi connectivity index (χ3v) is 5.70. The number of para-hydroxylation sites is 1. The van der Waals surface area contributed by atoms with Crippen LogP contribution in [0.3, 0.4) is 0 Å². The number of anilines is 2. The highest BCUT2D eigenvalue weighted by atomic mass is 35.5. The van der Waals surface area contributed by atoms with Crippen LogP contribution in [0, 0.1) is 0 Å². The molecule has 7 heteroatoms. The summed E-state index contributed by atoms with van der Waals surface area (Å²) < 4.78 is 5.26. The Morgan fingerprint density at radius 3 is 2.37 bits per heavy atom. The molecule has 2 heterocycles. The fourth-order valence-corrected chi connectivity index (χ4v) is 3.88. The van der Waals surface area contributed by atoms with E-state index in [1.807, 2.05) is 78.9 Å². The fourth-order valence-electron chi connectivity index (χ4n) is 3.75. The maximum Gasteiger partial charge on any atom is 0.338 e. The van der Waals surface area contributed by atoms with Crippen LogP contribution in [0.1, 0.15) is 17.3 Å². The van der Waals surface area contributed by atoms with E-state index in [1.54, 1.807) is 19.2 Å². The van der Waals surface area contributed by atoms with Gasteiger partial charge in [0.05, 0.1) is 29.1 Å². The van der Waals surface area contributed by atoms with Crippen LogP contribution in [0.15, 0.2) is 91.1 Å². The van der Waals surface area contributed by atoms with E-state index in [1.165, 1.54) is 0 Å². The zero-order valence-corrected chi connectivity index (χ0v) is 19.7. The number of hydrogen-bond donors (Lipinski definition) is 1. The lowest BCUT2D eigenvalue weighted by Crippen LogP contribution is -2.06. The van der Waals surface area contributed by atoms with Crippen LogP contribution in [0.2, 0.25) is 5.02 Å². The SMILES string of the molecule is CCOC(=O)c1cc(-c2ccc(Nc3nccc(-c4ccc(Cl)cc4)n3)cc2)nc2ccccc12. The third-order valence-electron chi connectivity index (χ3n) is 5.44. The molecule has 35 heavy (non-hydrogen) atoms. The Balaban J connectivity index is 1.41. The molecule has 0 saturated carbocycles. The summed E-state index contributed by atoms with van der Waals surface area (Å²) in [6.45, 7) is 2.11. The van der Waals surface area contributed by atoms with Gasteiger partial charge >= 0.3 is 5.97 Å². The third kappa shape index (κ3) is 4.98. The predicted octanol–water partition coefficient (Wildman–Crippen LogP) is 6.93. The van der Waals surface area contributed by atoms with Gasteiger partial charge in [-0.3, -0.25) is 0 Å². The van der Waals surface area contributed by atoms with E-state index < -0.39 is 0 Å². The van der Waals surface area contributed by atoms with Gasteiger partial charge in [0.25, 0.3) is 0 Å². The van der Waals surface area contributed by atoms with Crippen molar-refractivity contribution in [1.29, 1.82) is 0 Å². The molecule has 6 nitrogen and oxygen atoms in total. The summed E-state index contributed by atoms with van der Waals surface area (Å²) in [5.74, 6) is 0.127. The van der Waals surface area contributed by atoms with Crippen LogP contribution >= 0.6 is 11.6 Å². The highest BCUT2D eigenvalue weighted by Gasteiger charge is 2.15. The second-order valence-electron chi connectivity index (χ2n) is 7.77. The normalized spacial score (nSPS) is 10.8. The zero-order chi connectivity index (χ0) is 24.2. The summed E-state index contributed by atoms with van der Waals surface area (Å²) >= 11 is 5.99. The van der Waals surface area contributed by atoms with E-state index in [0.29, 0.717) is 28.8 Å². The summed E-state index contributed by atoms with van der Waals surface area (Å²) in [5.41, 5.74) is 5.39. The lowest BCUT2D eigenvalue weighted by Gasteiger charge is -2.10. The molecule has 0 aliphatic rings. The summed E-state index contributed by atoms with van der Waals surface area (Å²) in [7, 11) is 0. The molecular weight excluding hydrogens is 460 g/mol. The predicted molar refractivity (Wildman–Crippen MR) is 139 cm³/mol. The number of carbonyl (C=O) groups excluding carboxylic acids is 1. The van der Waals surface area contributed by atoms with Crippen molar-refractivity contribution in [3.63, 3.8) is 0 Å². The Morgan fingerprint density at radius 1 is 0.886 bits per heavy atom. The minimum absolute atomic E-state index is 0.312. The van der Waals surface area contributed by atoms with Crippen molar-refractivity contribution in [2.75, 3.05) is 11.9 Å². The van der Waals surface area contributed by atoms with Crippen LogP contribution in [-0.4, -0.2) is 27.5 Å². The standard InChI is InChI=1S/C28H21ClN4O2/c1-2-35-27(34)23-17-26(32-25-6-4-3-5-22(23)25)19-9-13-21(14-10-19)31-28-30-16-15-24(33-28)18-7-11-20(29)12-8-18/h3-17H,2H2,1H3,(H,30,31,33). The summed E-state index contributed by atoms with van der Waals surface area (Å²) in [5, 5.41) is 4.68. The number of pyridine rings is 1. The molecule has 0 atom stereocenters. The molecule has 0 aliphatic heterocycles. The number of aromatic nitrogens is 3. The first-order chi connectivity index (χ1) is 17.1. The monoisotopic (exact) mass is 480 g/mol. The van der Waals surface area contributed by atoms with Gasteiger partial charge in [-0.25, -0.2) is 19.7 Å². The first-order valence-electron chi connectivity index (χ1n) is 11.1. The minimum atomic E-state index is -0.358. The smallest absolute Gasteiger partial charge is 0.338 e. The molecule has 1 N–H and O–H groups in total. The molecule has 2 aromatic heterocycles. The van der Waals surface area contributed by atoms with Crippen LogP contribution in [0.4, 0.5) is 11.6 Å². The minimum Gasteiger partial charge on any atom is -0.462 e. The van der Waals surface area contributed by atoms with Crippen molar-refractivity contribution in [3.05, 3.63) is 102 Å². The molecule has 0 saturated heterocycles. The number of halogens is 1. The first kappa shape index (κ1) is 22.5. The molecule has 172 valence electrons. The topological polar surface area (TPSA) is 77.0 Å². The van der Waals surface area contributed by atoms with Gasteiger partial charge in [0.1, 0.15) is 0 Å². The van der Waals surface area contributed by atoms with E-state index in [4.69, 9.17) is 21.3 Å². The molecule has 0 radical (unpaired) electrons. The van der Waals surface area contributed by atoms with Crippen molar-refractivity contribution in [1.82, 2.24) is 15.0 Å². The van der Waals surface area contributed by atoms with Gasteiger partial charge in [0, 0.05) is 33.4 Å². The van der Waals surface area contributed by atoms with Gasteiger partial charge in [0.2, 0.25) is 5.95 Å². The molecule has 0 aliphatic carbocycles. The summed E-state index contributed by atoms with van der Waals surface area (Å²) in [6.07, 6.45) is 1.71. The largest absolute Gasteiger partial charge is 0.462 e. The van der Waals surface area contributed by atoms with Crippen molar-refractivity contribution in [3.8, 4) is 22.5 Å². The van der Waals surface area contributed by atoms with Crippen molar-refractivity contribution in [2.45, 2.75) is 6.92 Å². The number of esters is 1. The molecule has 5 aromatic rings. The molecule has 5 rings (SSSR count). The summed E-state index contributed by atoms with van der Waals surface area (Å²) in [6, 6.07) is 26.4. The van der Waals surface area contributed by atoms with Crippen molar-refractivity contribution in [2.24, 2.45) is 0 Å². The number of rotatable bonds is 6. The van der Waals surface area contributed by atoms with Gasteiger partial charge in [0.15, 0.2) is 0 Å². The first-order valence-corrected chi connectivity index (χ1v) is 11.5. The van der Waals surface area contributed by atoms with Crippen molar-refractivity contribution >= 4 is 40.1 Å². The second-order valence-corrected chi connectivity index (χ2v) is 8.20. The van der Waals surface area contributed by atoms with E-state index in [2.05, 4.69) is 15.3 Å². The molecule has 0 unspecified atom stereocenters. The lowest BCUT2D eigenvalue weighted by molar-refractivity contribution is 0.0528. The number of nitrogens with zero attached hydrogens (tertiary/aromatic N) is 3. The zero-order valence-electron chi connectivity index (χ0n) is 18.9. The molecule has 0 bridgehead atoms. The van der Waals surface area contributed by atoms with Gasteiger partial charge in [-0.2, -0.15) is 0 Å². The highest BCUT2D eigenvalue weighted by molar-refractivity contribution is 6.30. The molecule has 0 amide bonds. The Bertz CT molecular complexity index is 1500. The maximum absolute atomic E-state index is 12.6. The molecule has 0 fully saturated rings. The number of nitrogens with one attached hydrogen (secondary N) is 1. The average Bonchev–Trinajstić information content (AvgIpc) is 2.89. The van der Waals surface area contributed by atoms with Crippen LogP contribution < -0.4 is 5.32 Å². The van der Waals surface area contributed by atoms with Gasteiger partial charge in [-0.05, 0) is 49.4 Å². The maximum atomic E-state index is 12.6. The van der Waals surface area contributed by atoms with E-state index in [9.17, 15) is 4.79 Å². The van der Waals surface area contributed by atoms with E-state index in [-0.39, 0.29) is 5.97 Å². The fraction of sp³-hybridized carbons (Fsp3) is 0.0714. The van der Waals surface area contributed by atoms with Gasteiger partial charge in [-0.1, -0.05) is 54.1 Å². The molecular formula is C28H21ClN4O2. The van der Waals surface area contributed by atoms with Crippen LogP contribution in [0.25, 0.3) is 33.4 Å². The summed E-state index contributed by atoms with van der Waals surface area (Å²) in [4.78, 5) is 26.2. The number of fused-ring (bicyclic) bond motifs is 1. The Labute approximate surface area is 207 Å². The number of benzene rings is 3. The second kappa shape index (κ2) is 9.91. The average molecular weight is 481 g/mol. The molecule has 3 aromatic carbocycles. The van der Waals surface area contributed by atoms with E-state index in [0.717, 1.165) is 33.4 Å². The highest BCUT2D eigenvalue weighted by Crippen LogP contribution is 2.27. The number of hydrogen-bond acceptors (Lipinski definition) is 6. The Kier molecular flexibility index (Phi) is 6.37. The van der Waals surface area contributed by atoms with E-state index >= 15 is 0 Å². The Morgan fingerprint density at radius 2 is 1.60 bits per heavy atom. The van der Waals surface area contributed by atoms with Crippen LogP contribution in [0.5, 0.6) is 0 Å². The number of carbonyl (C=O) groups is 1. The van der Waals surface area contributed by atoms with Gasteiger partial charge in [-0.15, -0.1) is 0 Å². The molecule has 0 spiro atoms. The Hall–Kier alpha value is -4.29. The quantitative estimate of drug-likeness (QED) is 0.265. The number of ether oxygens (including phenoxy) is 1.